The number of thiophene rings is 1. The first-order valence-corrected chi connectivity index (χ1v) is 8.06. The Morgan fingerprint density at radius 2 is 2.00 bits per heavy atom. The van der Waals surface area contributed by atoms with Crippen LogP contribution in [0.4, 0.5) is 0 Å². The molecule has 2 nitrogen and oxygen atoms in total. The van der Waals surface area contributed by atoms with Crippen LogP contribution in [0.1, 0.15) is 35.9 Å². The normalized spacial score (nSPS) is 18.3. The Morgan fingerprint density at radius 3 is 2.67 bits per heavy atom. The van der Waals surface area contributed by atoms with Crippen LogP contribution >= 0.6 is 11.3 Å². The van der Waals surface area contributed by atoms with Crippen LogP contribution in [-0.4, -0.2) is 31.6 Å². The maximum atomic E-state index is 3.59. The molecular weight excluding hydrogens is 240 g/mol. The average molecular weight is 266 g/mol. The third kappa shape index (κ3) is 4.38. The first-order valence-electron chi connectivity index (χ1n) is 7.24. The van der Waals surface area contributed by atoms with Crippen molar-refractivity contribution in [1.29, 1.82) is 0 Å². The molecule has 1 aliphatic heterocycles. The van der Waals surface area contributed by atoms with Gasteiger partial charge in [-0.25, -0.2) is 0 Å². The zero-order valence-corrected chi connectivity index (χ0v) is 12.6. The summed E-state index contributed by atoms with van der Waals surface area (Å²) in [5, 5.41) is 3.59. The summed E-state index contributed by atoms with van der Waals surface area (Å²) in [5.41, 5.74) is 0. The number of hydrogen-bond donors (Lipinski definition) is 1. The van der Waals surface area contributed by atoms with E-state index in [9.17, 15) is 0 Å². The van der Waals surface area contributed by atoms with Crippen molar-refractivity contribution in [1.82, 2.24) is 10.2 Å². The van der Waals surface area contributed by atoms with Gasteiger partial charge in [0, 0.05) is 16.3 Å². The molecule has 102 valence electrons. The van der Waals surface area contributed by atoms with Crippen LogP contribution in [-0.2, 0) is 13.0 Å². The van der Waals surface area contributed by atoms with Crippen molar-refractivity contribution in [2.24, 2.45) is 5.92 Å². The number of nitrogens with one attached hydrogen (secondary N) is 1. The Kier molecular flexibility index (Phi) is 5.67. The molecular formula is C15H26N2S. The van der Waals surface area contributed by atoms with E-state index in [0.29, 0.717) is 0 Å². The number of nitrogens with zero attached hydrogens (tertiary/aromatic N) is 1. The third-order valence-electron chi connectivity index (χ3n) is 3.93. The number of aryl methyl sites for hydroxylation is 1. The van der Waals surface area contributed by atoms with Crippen molar-refractivity contribution in [2.45, 2.75) is 39.2 Å². The minimum Gasteiger partial charge on any atom is -0.312 e. The summed E-state index contributed by atoms with van der Waals surface area (Å²) in [6.45, 7) is 7.03. The highest BCUT2D eigenvalue weighted by molar-refractivity contribution is 7.11. The van der Waals surface area contributed by atoms with Crippen LogP contribution in [0.2, 0.25) is 0 Å². The number of hydrogen-bond acceptors (Lipinski definition) is 3. The lowest BCUT2D eigenvalue weighted by Crippen LogP contribution is -2.31. The van der Waals surface area contributed by atoms with E-state index >= 15 is 0 Å². The van der Waals surface area contributed by atoms with E-state index in [1.54, 1.807) is 0 Å². The van der Waals surface area contributed by atoms with Crippen molar-refractivity contribution in [3.8, 4) is 0 Å². The van der Waals surface area contributed by atoms with E-state index in [2.05, 4.69) is 36.3 Å². The van der Waals surface area contributed by atoms with Crippen LogP contribution in [0.3, 0.4) is 0 Å². The fourth-order valence-corrected chi connectivity index (χ4v) is 3.50. The molecule has 0 spiro atoms. The van der Waals surface area contributed by atoms with Gasteiger partial charge >= 0.3 is 0 Å². The zero-order chi connectivity index (χ0) is 12.8. The van der Waals surface area contributed by atoms with E-state index in [1.807, 2.05) is 11.3 Å². The summed E-state index contributed by atoms with van der Waals surface area (Å²) in [4.78, 5) is 5.43. The molecule has 1 aromatic heterocycles. The highest BCUT2D eigenvalue weighted by Crippen LogP contribution is 2.19. The molecule has 1 N–H and O–H groups in total. The molecule has 0 aliphatic carbocycles. The lowest BCUT2D eigenvalue weighted by Gasteiger charge is -2.28. The second kappa shape index (κ2) is 7.27. The molecule has 2 rings (SSSR count). The van der Waals surface area contributed by atoms with E-state index in [0.717, 1.165) is 12.5 Å². The second-order valence-electron chi connectivity index (χ2n) is 5.43. The Bertz CT molecular complexity index is 340. The van der Waals surface area contributed by atoms with Crippen molar-refractivity contribution >= 4 is 11.3 Å². The minimum atomic E-state index is 0.947. The average Bonchev–Trinajstić information content (AvgIpc) is 2.85. The van der Waals surface area contributed by atoms with Crippen LogP contribution in [0, 0.1) is 5.92 Å². The lowest BCUT2D eigenvalue weighted by atomic mass is 9.94. The van der Waals surface area contributed by atoms with Crippen LogP contribution in [0.5, 0.6) is 0 Å². The Hall–Kier alpha value is -0.380. The minimum absolute atomic E-state index is 0.947. The highest BCUT2D eigenvalue weighted by atomic mass is 32.1. The van der Waals surface area contributed by atoms with E-state index < -0.39 is 0 Å². The number of likely N-dealkylation sites (tertiary alicyclic amines) is 1. The standard InChI is InChI=1S/C15H26N2S/c1-3-14-4-5-15(18-14)12-16-9-6-13-7-10-17(2)11-8-13/h4-5,13,16H,3,6-12H2,1-2H3. The first-order chi connectivity index (χ1) is 8.78. The Labute approximate surface area is 115 Å². The van der Waals surface area contributed by atoms with Gasteiger partial charge in [-0.2, -0.15) is 0 Å². The summed E-state index contributed by atoms with van der Waals surface area (Å²) in [6.07, 6.45) is 5.29. The van der Waals surface area contributed by atoms with Gasteiger partial charge < -0.3 is 10.2 Å². The molecule has 18 heavy (non-hydrogen) atoms. The summed E-state index contributed by atoms with van der Waals surface area (Å²) in [5.74, 6) is 0.947. The Morgan fingerprint density at radius 1 is 1.28 bits per heavy atom. The van der Waals surface area contributed by atoms with Gasteiger partial charge in [-0.05, 0) is 70.4 Å². The SMILES string of the molecule is CCc1ccc(CNCCC2CCN(C)CC2)s1. The van der Waals surface area contributed by atoms with Crippen molar-refractivity contribution in [3.63, 3.8) is 0 Å². The van der Waals surface area contributed by atoms with Gasteiger partial charge in [0.1, 0.15) is 0 Å². The highest BCUT2D eigenvalue weighted by Gasteiger charge is 2.15. The predicted octanol–water partition coefficient (Wildman–Crippen LogP) is 3.13. The van der Waals surface area contributed by atoms with Gasteiger partial charge in [0.15, 0.2) is 0 Å². The fourth-order valence-electron chi connectivity index (χ4n) is 2.58. The maximum absolute atomic E-state index is 3.59. The molecule has 0 aromatic carbocycles. The second-order valence-corrected chi connectivity index (χ2v) is 6.69. The predicted molar refractivity (Wildman–Crippen MR) is 80.2 cm³/mol. The topological polar surface area (TPSA) is 15.3 Å². The molecule has 3 heteroatoms. The van der Waals surface area contributed by atoms with E-state index in [1.165, 1.54) is 55.1 Å². The molecule has 1 fully saturated rings. The molecule has 0 unspecified atom stereocenters. The van der Waals surface area contributed by atoms with Crippen molar-refractivity contribution in [3.05, 3.63) is 21.9 Å². The molecule has 2 heterocycles. The van der Waals surface area contributed by atoms with Gasteiger partial charge in [-0.3, -0.25) is 0 Å². The van der Waals surface area contributed by atoms with Crippen molar-refractivity contribution in [2.75, 3.05) is 26.7 Å². The summed E-state index contributed by atoms with van der Waals surface area (Å²) >= 11 is 1.95. The summed E-state index contributed by atoms with van der Waals surface area (Å²) in [7, 11) is 2.23. The van der Waals surface area contributed by atoms with Gasteiger partial charge in [0.25, 0.3) is 0 Å². The summed E-state index contributed by atoms with van der Waals surface area (Å²) < 4.78 is 0. The smallest absolute Gasteiger partial charge is 0.0299 e. The molecule has 0 saturated carbocycles. The van der Waals surface area contributed by atoms with Gasteiger partial charge in [0.2, 0.25) is 0 Å². The number of piperidine rings is 1. The molecule has 1 aliphatic rings. The van der Waals surface area contributed by atoms with Gasteiger partial charge in [-0.15, -0.1) is 11.3 Å². The zero-order valence-electron chi connectivity index (χ0n) is 11.7. The Balaban J connectivity index is 1.58. The largest absolute Gasteiger partial charge is 0.312 e. The van der Waals surface area contributed by atoms with Crippen LogP contribution < -0.4 is 5.32 Å². The molecule has 0 atom stereocenters. The van der Waals surface area contributed by atoms with Crippen molar-refractivity contribution < 1.29 is 0 Å². The molecule has 0 amide bonds. The van der Waals surface area contributed by atoms with Crippen LogP contribution in [0.25, 0.3) is 0 Å². The van der Waals surface area contributed by atoms with Gasteiger partial charge in [-0.1, -0.05) is 6.92 Å². The first kappa shape index (κ1) is 14.0. The van der Waals surface area contributed by atoms with Crippen LogP contribution in [0.15, 0.2) is 12.1 Å². The lowest BCUT2D eigenvalue weighted by molar-refractivity contribution is 0.211. The molecule has 1 saturated heterocycles. The quantitative estimate of drug-likeness (QED) is 0.796. The third-order valence-corrected chi connectivity index (χ3v) is 5.16. The maximum Gasteiger partial charge on any atom is 0.0299 e. The molecule has 1 aromatic rings. The molecule has 0 radical (unpaired) electrons. The van der Waals surface area contributed by atoms with E-state index in [-0.39, 0.29) is 0 Å². The fraction of sp³-hybridized carbons (Fsp3) is 0.733. The van der Waals surface area contributed by atoms with Gasteiger partial charge in [0.05, 0.1) is 0 Å². The number of rotatable bonds is 6. The summed E-state index contributed by atoms with van der Waals surface area (Å²) in [6, 6.07) is 4.53. The molecule has 0 bridgehead atoms. The monoisotopic (exact) mass is 266 g/mol. The van der Waals surface area contributed by atoms with E-state index in [4.69, 9.17) is 0 Å².